The minimum atomic E-state index is -1.94. The number of ether oxygens (including phenoxy) is 2. The van der Waals surface area contributed by atoms with Crippen LogP contribution in [0.2, 0.25) is 34.1 Å². The van der Waals surface area contributed by atoms with Crippen LogP contribution < -0.4 is 0 Å². The Bertz CT molecular complexity index is 294. The van der Waals surface area contributed by atoms with Crippen molar-refractivity contribution in [1.29, 1.82) is 0 Å². The molecule has 0 spiro atoms. The van der Waals surface area contributed by atoms with Gasteiger partial charge in [0.1, 0.15) is 0 Å². The van der Waals surface area contributed by atoms with Gasteiger partial charge in [-0.3, -0.25) is 0 Å². The summed E-state index contributed by atoms with van der Waals surface area (Å²) in [7, 11) is 0. The first kappa shape index (κ1) is 18.3. The van der Waals surface area contributed by atoms with Crippen LogP contribution in [0, 0.1) is 0 Å². The van der Waals surface area contributed by atoms with Crippen molar-refractivity contribution in [2.75, 3.05) is 13.2 Å². The minimum absolute atomic E-state index is 0.0552. The third kappa shape index (κ3) is 8.32. The van der Waals surface area contributed by atoms with E-state index in [4.69, 9.17) is 9.47 Å². The zero-order valence-corrected chi connectivity index (χ0v) is 19.4. The molecule has 0 amide bonds. The van der Waals surface area contributed by atoms with Gasteiger partial charge < -0.3 is 0 Å². The fraction of sp³-hybridized carbons (Fsp3) is 0.867. The number of allylic oxidation sites excluding steroid dienone is 1. The van der Waals surface area contributed by atoms with Gasteiger partial charge in [-0.15, -0.1) is 0 Å². The maximum atomic E-state index is 5.88. The molecule has 0 aromatic rings. The zero-order valence-electron chi connectivity index (χ0n) is 13.7. The van der Waals surface area contributed by atoms with Crippen molar-refractivity contribution in [3.05, 3.63) is 9.67 Å². The average molecular weight is 482 g/mol. The molecule has 1 aliphatic heterocycles. The summed E-state index contributed by atoms with van der Waals surface area (Å²) < 4.78 is 14.7. The van der Waals surface area contributed by atoms with Crippen LogP contribution in [0.15, 0.2) is 9.67 Å². The fourth-order valence-electron chi connectivity index (χ4n) is 2.31. The average Bonchev–Trinajstić information content (AvgIpc) is 2.26. The SMILES string of the molecule is [CH3][Sn]([CH3])([CH3])[CH2]/[C](=C\COC1CCCCO1)[Sn]([CH3])([CH3])[CH3]. The molecule has 0 radical (unpaired) electrons. The Morgan fingerprint density at radius 2 is 1.84 bits per heavy atom. The molecule has 1 atom stereocenters. The molecule has 0 aliphatic carbocycles. The van der Waals surface area contributed by atoms with Crippen molar-refractivity contribution < 1.29 is 9.47 Å². The quantitative estimate of drug-likeness (QED) is 0.513. The summed E-state index contributed by atoms with van der Waals surface area (Å²) in [6, 6.07) is 0. The van der Waals surface area contributed by atoms with Gasteiger partial charge in [-0.25, -0.2) is 0 Å². The fourth-order valence-corrected chi connectivity index (χ4v) is 29.8. The van der Waals surface area contributed by atoms with Gasteiger partial charge >= 0.3 is 129 Å². The topological polar surface area (TPSA) is 18.5 Å². The Morgan fingerprint density at radius 1 is 1.16 bits per heavy atom. The molecule has 0 saturated carbocycles. The van der Waals surface area contributed by atoms with Gasteiger partial charge in [-0.05, 0) is 0 Å². The van der Waals surface area contributed by atoms with Crippen LogP contribution in [0.25, 0.3) is 0 Å². The second-order valence-electron chi connectivity index (χ2n) is 7.85. The van der Waals surface area contributed by atoms with Crippen molar-refractivity contribution >= 4 is 36.8 Å². The van der Waals surface area contributed by atoms with Gasteiger partial charge in [0.25, 0.3) is 0 Å². The van der Waals surface area contributed by atoms with Gasteiger partial charge in [0, 0.05) is 0 Å². The van der Waals surface area contributed by atoms with Gasteiger partial charge in [0.15, 0.2) is 0 Å². The van der Waals surface area contributed by atoms with Gasteiger partial charge in [-0.2, -0.15) is 0 Å². The molecule has 112 valence electrons. The van der Waals surface area contributed by atoms with Crippen molar-refractivity contribution in [1.82, 2.24) is 0 Å². The third-order valence-corrected chi connectivity index (χ3v) is 17.0. The Labute approximate surface area is 128 Å². The second-order valence-corrected chi connectivity index (χ2v) is 38.1. The molecule has 2 nitrogen and oxygen atoms in total. The van der Waals surface area contributed by atoms with Crippen LogP contribution >= 0.6 is 0 Å². The van der Waals surface area contributed by atoms with Crippen LogP contribution in [0.3, 0.4) is 0 Å². The number of rotatable bonds is 6. The number of hydrogen-bond acceptors (Lipinski definition) is 2. The summed E-state index contributed by atoms with van der Waals surface area (Å²) in [5.74, 6) is 0. The second kappa shape index (κ2) is 8.04. The zero-order chi connectivity index (χ0) is 14.5. The molecule has 0 N–H and O–H groups in total. The van der Waals surface area contributed by atoms with Gasteiger partial charge in [0.05, 0.1) is 0 Å². The van der Waals surface area contributed by atoms with Crippen LogP contribution in [0.5, 0.6) is 0 Å². The predicted molar refractivity (Wildman–Crippen MR) is 89.1 cm³/mol. The molecule has 1 heterocycles. The molecule has 1 saturated heterocycles. The van der Waals surface area contributed by atoms with Crippen molar-refractivity contribution in [2.24, 2.45) is 0 Å². The summed E-state index contributed by atoms with van der Waals surface area (Å²) in [6.07, 6.45) is 5.98. The summed E-state index contributed by atoms with van der Waals surface area (Å²) in [5, 5.41) is 0. The van der Waals surface area contributed by atoms with E-state index in [1.54, 1.807) is 3.59 Å². The molecule has 1 aliphatic rings. The molecule has 0 aromatic heterocycles. The van der Waals surface area contributed by atoms with Gasteiger partial charge in [0.2, 0.25) is 0 Å². The third-order valence-electron chi connectivity index (χ3n) is 3.43. The summed E-state index contributed by atoms with van der Waals surface area (Å²) >= 11 is -3.67. The van der Waals surface area contributed by atoms with Gasteiger partial charge in [-0.1, -0.05) is 0 Å². The molecular weight excluding hydrogens is 450 g/mol. The van der Waals surface area contributed by atoms with Crippen LogP contribution in [-0.2, 0) is 9.47 Å². The van der Waals surface area contributed by atoms with E-state index in [2.05, 4.69) is 35.7 Å². The molecule has 1 unspecified atom stereocenters. The van der Waals surface area contributed by atoms with E-state index < -0.39 is 36.8 Å². The van der Waals surface area contributed by atoms with Crippen LogP contribution in [0.4, 0.5) is 0 Å². The predicted octanol–water partition coefficient (Wildman–Crippen LogP) is 4.67. The van der Waals surface area contributed by atoms with Crippen LogP contribution in [-0.4, -0.2) is 56.3 Å². The van der Waals surface area contributed by atoms with E-state index in [0.29, 0.717) is 0 Å². The first-order chi connectivity index (χ1) is 8.68. The molecule has 1 fully saturated rings. The summed E-state index contributed by atoms with van der Waals surface area (Å²) in [6.45, 7) is 1.63. The molecular formula is C15H32O2Sn2. The van der Waals surface area contributed by atoms with E-state index >= 15 is 0 Å². The normalized spacial score (nSPS) is 22.6. The van der Waals surface area contributed by atoms with E-state index in [9.17, 15) is 0 Å². The number of hydrogen-bond donors (Lipinski definition) is 0. The Morgan fingerprint density at radius 3 is 2.32 bits per heavy atom. The summed E-state index contributed by atoms with van der Waals surface area (Å²) in [5.41, 5.74) is 0. The summed E-state index contributed by atoms with van der Waals surface area (Å²) in [4.78, 5) is 15.2. The van der Waals surface area contributed by atoms with E-state index in [-0.39, 0.29) is 6.29 Å². The molecule has 1 rings (SSSR count). The van der Waals surface area contributed by atoms with Crippen molar-refractivity contribution in [2.45, 2.75) is 59.6 Å². The maximum absolute atomic E-state index is 5.88. The van der Waals surface area contributed by atoms with E-state index in [1.165, 1.54) is 17.3 Å². The molecule has 0 bridgehead atoms. The first-order valence-corrected chi connectivity index (χ1v) is 28.2. The molecule has 19 heavy (non-hydrogen) atoms. The van der Waals surface area contributed by atoms with Crippen LogP contribution in [0.1, 0.15) is 19.3 Å². The molecule has 4 heteroatoms. The standard InChI is InChI=1S/C9H14O2.6CH3.2Sn/c1-2-3-7-10-9-6-4-5-8-11-9;;;;;;;;/h3,9H,1,4-8H2;6*1H3;;. The van der Waals surface area contributed by atoms with Crippen molar-refractivity contribution in [3.63, 3.8) is 0 Å². The Hall–Kier alpha value is 1.26. The first-order valence-electron chi connectivity index (χ1n) is 7.61. The van der Waals surface area contributed by atoms with E-state index in [1.807, 2.05) is 0 Å². The Kier molecular flexibility index (Phi) is 7.75. The monoisotopic (exact) mass is 484 g/mol. The van der Waals surface area contributed by atoms with Crippen molar-refractivity contribution in [3.8, 4) is 0 Å². The molecule has 0 aromatic carbocycles. The Balaban J connectivity index is 2.52. The van der Waals surface area contributed by atoms with E-state index in [0.717, 1.165) is 19.6 Å².